The number of benzene rings is 3. The molecule has 3 heterocycles. The summed E-state index contributed by atoms with van der Waals surface area (Å²) in [5.74, 6) is -0.195. The van der Waals surface area contributed by atoms with Crippen molar-refractivity contribution in [1.29, 1.82) is 0 Å². The summed E-state index contributed by atoms with van der Waals surface area (Å²) in [5, 5.41) is 0.166. The fraction of sp³-hybridized carbons (Fsp3) is 0.382. The monoisotopic (exact) mass is 670 g/mol. The Hall–Kier alpha value is -4.10. The van der Waals surface area contributed by atoms with Crippen molar-refractivity contribution in [3.8, 4) is 11.1 Å². The molecule has 1 amide bonds. The van der Waals surface area contributed by atoms with Crippen LogP contribution >= 0.6 is 11.8 Å². The number of ether oxygens (including phenoxy) is 2. The third kappa shape index (κ3) is 7.10. The molecule has 0 radical (unpaired) electrons. The maximum absolute atomic E-state index is 14.9. The van der Waals surface area contributed by atoms with Gasteiger partial charge >= 0.3 is 18.0 Å². The molecule has 0 aliphatic carbocycles. The Bertz CT molecular complexity index is 1830. The third-order valence-electron chi connectivity index (χ3n) is 8.00. The first-order chi connectivity index (χ1) is 22.3. The van der Waals surface area contributed by atoms with Gasteiger partial charge in [-0.1, -0.05) is 42.5 Å². The number of halogens is 4. The van der Waals surface area contributed by atoms with Crippen LogP contribution in [-0.2, 0) is 28.8 Å². The number of alkyl halides is 3. The molecule has 0 bridgehead atoms. The lowest BCUT2D eigenvalue weighted by atomic mass is 9.96. The van der Waals surface area contributed by atoms with Crippen LogP contribution in [0.2, 0.25) is 0 Å². The number of thioether (sulfide) groups is 1. The first-order valence-corrected chi connectivity index (χ1v) is 16.2. The van der Waals surface area contributed by atoms with Gasteiger partial charge in [0.2, 0.25) is 0 Å². The Kier molecular flexibility index (Phi) is 8.96. The summed E-state index contributed by atoms with van der Waals surface area (Å²) in [4.78, 5) is 34.3. The van der Waals surface area contributed by atoms with Crippen LogP contribution in [0.25, 0.3) is 22.0 Å². The van der Waals surface area contributed by atoms with Crippen molar-refractivity contribution in [2.45, 2.75) is 56.7 Å². The van der Waals surface area contributed by atoms with Crippen LogP contribution in [0.4, 0.5) is 28.2 Å². The van der Waals surface area contributed by atoms with E-state index >= 15 is 0 Å². The van der Waals surface area contributed by atoms with E-state index in [-0.39, 0.29) is 72.3 Å². The quantitative estimate of drug-likeness (QED) is 0.212. The standard InChI is InChI=1S/C34H34F4N4O4S/c1-33(2,3)46-32(44)41-15-13-40(14-16-41)30-25-17-26(34(36,37)38)27(22-9-11-23(35)12-10-22)29-28(25)42(31(43)39-30)18-24(20-47-29)45-19-21-7-5-4-6-8-21/h4-12,17,24H,13-16,18-20H2,1-3H3. The number of rotatable bonds is 5. The van der Waals surface area contributed by atoms with Gasteiger partial charge in [-0.15, -0.1) is 11.8 Å². The molecule has 1 atom stereocenters. The molecule has 4 aromatic rings. The molecular weight excluding hydrogens is 636 g/mol. The Morgan fingerprint density at radius 3 is 2.32 bits per heavy atom. The van der Waals surface area contributed by atoms with Crippen molar-refractivity contribution in [3.05, 3.63) is 88.1 Å². The Morgan fingerprint density at radius 1 is 1.00 bits per heavy atom. The van der Waals surface area contributed by atoms with E-state index in [1.165, 1.54) is 33.4 Å². The van der Waals surface area contributed by atoms with Crippen LogP contribution in [0.1, 0.15) is 31.9 Å². The van der Waals surface area contributed by atoms with Gasteiger partial charge in [0.05, 0.1) is 30.3 Å². The lowest BCUT2D eigenvalue weighted by Gasteiger charge is -2.36. The molecule has 1 fully saturated rings. The maximum Gasteiger partial charge on any atom is 0.417 e. The summed E-state index contributed by atoms with van der Waals surface area (Å²) in [5.41, 5.74) is -0.934. The van der Waals surface area contributed by atoms with E-state index in [9.17, 15) is 27.2 Å². The Morgan fingerprint density at radius 2 is 1.68 bits per heavy atom. The van der Waals surface area contributed by atoms with Crippen molar-refractivity contribution in [2.24, 2.45) is 0 Å². The number of aromatic nitrogens is 2. The van der Waals surface area contributed by atoms with Gasteiger partial charge in [-0.3, -0.25) is 4.57 Å². The predicted octanol–water partition coefficient (Wildman–Crippen LogP) is 6.97. The summed E-state index contributed by atoms with van der Waals surface area (Å²) in [6.45, 7) is 6.57. The smallest absolute Gasteiger partial charge is 0.417 e. The number of nitrogens with zero attached hydrogens (tertiary/aromatic N) is 4. The fourth-order valence-electron chi connectivity index (χ4n) is 5.82. The normalized spacial score (nSPS) is 17.1. The van der Waals surface area contributed by atoms with Crippen molar-refractivity contribution in [1.82, 2.24) is 14.5 Å². The molecule has 1 saturated heterocycles. The van der Waals surface area contributed by atoms with Gasteiger partial charge in [0.1, 0.15) is 17.2 Å². The van der Waals surface area contributed by atoms with Gasteiger partial charge in [0.15, 0.2) is 0 Å². The Labute approximate surface area is 273 Å². The maximum atomic E-state index is 14.9. The van der Waals surface area contributed by atoms with Crippen LogP contribution < -0.4 is 10.6 Å². The highest BCUT2D eigenvalue weighted by Crippen LogP contribution is 2.48. The van der Waals surface area contributed by atoms with Crippen molar-refractivity contribution in [3.63, 3.8) is 0 Å². The van der Waals surface area contributed by atoms with Crippen molar-refractivity contribution < 1.29 is 31.8 Å². The number of hydrogen-bond acceptors (Lipinski definition) is 7. The van der Waals surface area contributed by atoms with E-state index < -0.39 is 41.0 Å². The highest BCUT2D eigenvalue weighted by molar-refractivity contribution is 7.99. The summed E-state index contributed by atoms with van der Waals surface area (Å²) in [7, 11) is 0. The van der Waals surface area contributed by atoms with Crippen LogP contribution in [0.3, 0.4) is 0 Å². The average molecular weight is 671 g/mol. The van der Waals surface area contributed by atoms with Gasteiger partial charge in [0.25, 0.3) is 0 Å². The molecule has 1 unspecified atom stereocenters. The number of hydrogen-bond donors (Lipinski definition) is 0. The zero-order valence-corrected chi connectivity index (χ0v) is 27.0. The van der Waals surface area contributed by atoms with Gasteiger partial charge in [-0.2, -0.15) is 18.2 Å². The summed E-state index contributed by atoms with van der Waals surface area (Å²) >= 11 is 1.18. The predicted molar refractivity (Wildman–Crippen MR) is 172 cm³/mol. The molecule has 2 aliphatic rings. The zero-order chi connectivity index (χ0) is 33.5. The zero-order valence-electron chi connectivity index (χ0n) is 26.1. The van der Waals surface area contributed by atoms with E-state index in [2.05, 4.69) is 4.98 Å². The van der Waals surface area contributed by atoms with Crippen LogP contribution in [0, 0.1) is 5.82 Å². The van der Waals surface area contributed by atoms with Crippen molar-refractivity contribution >= 4 is 34.6 Å². The molecule has 47 heavy (non-hydrogen) atoms. The first-order valence-electron chi connectivity index (χ1n) is 15.2. The molecule has 1 aromatic heterocycles. The Balaban J connectivity index is 1.46. The third-order valence-corrected chi connectivity index (χ3v) is 9.22. The molecule has 0 spiro atoms. The second-order valence-corrected chi connectivity index (χ2v) is 13.6. The van der Waals surface area contributed by atoms with E-state index in [1.54, 1.807) is 25.7 Å². The molecule has 6 rings (SSSR count). The molecular formula is C34H34F4N4O4S. The summed E-state index contributed by atoms with van der Waals surface area (Å²) in [6, 6.07) is 15.4. The first kappa shape index (κ1) is 32.8. The van der Waals surface area contributed by atoms with E-state index in [4.69, 9.17) is 9.47 Å². The van der Waals surface area contributed by atoms with Gasteiger partial charge in [0, 0.05) is 47.8 Å². The second kappa shape index (κ2) is 12.8. The molecule has 13 heteroatoms. The van der Waals surface area contributed by atoms with Gasteiger partial charge in [-0.05, 0) is 50.1 Å². The number of carbonyl (C=O) groups excluding carboxylic acids is 1. The topological polar surface area (TPSA) is 76.9 Å². The van der Waals surface area contributed by atoms with Crippen LogP contribution in [0.5, 0.6) is 0 Å². The molecule has 0 saturated carbocycles. The van der Waals surface area contributed by atoms with Gasteiger partial charge < -0.3 is 19.3 Å². The number of anilines is 1. The number of piperazine rings is 1. The molecule has 2 aliphatic heterocycles. The summed E-state index contributed by atoms with van der Waals surface area (Å²) < 4.78 is 71.8. The average Bonchev–Trinajstić information content (AvgIpc) is 3.22. The van der Waals surface area contributed by atoms with Gasteiger partial charge in [-0.25, -0.2) is 14.0 Å². The largest absolute Gasteiger partial charge is 0.444 e. The number of amides is 1. The van der Waals surface area contributed by atoms with E-state index in [1.807, 2.05) is 30.3 Å². The fourth-order valence-corrected chi connectivity index (χ4v) is 7.10. The van der Waals surface area contributed by atoms with Crippen LogP contribution in [0.15, 0.2) is 70.4 Å². The van der Waals surface area contributed by atoms with E-state index in [0.717, 1.165) is 23.8 Å². The minimum atomic E-state index is -4.78. The molecule has 248 valence electrons. The minimum absolute atomic E-state index is 0.0795. The highest BCUT2D eigenvalue weighted by atomic mass is 32.2. The van der Waals surface area contributed by atoms with Crippen LogP contribution in [-0.4, -0.2) is 64.2 Å². The summed E-state index contributed by atoms with van der Waals surface area (Å²) in [6.07, 6.45) is -5.79. The molecule has 0 N–H and O–H groups in total. The second-order valence-electron chi connectivity index (χ2n) is 12.5. The molecule has 8 nitrogen and oxygen atoms in total. The minimum Gasteiger partial charge on any atom is -0.444 e. The highest BCUT2D eigenvalue weighted by Gasteiger charge is 2.39. The van der Waals surface area contributed by atoms with E-state index in [0.29, 0.717) is 5.52 Å². The SMILES string of the molecule is CC(C)(C)OC(=O)N1CCN(c2nc(=O)n3c4c(c(-c5ccc(F)cc5)c(C(F)(F)F)cc24)SCC(OCc2ccccc2)C3)CC1. The molecule has 3 aromatic carbocycles. The number of carbonyl (C=O) groups is 1. The lowest BCUT2D eigenvalue weighted by molar-refractivity contribution is -0.137. The van der Waals surface area contributed by atoms with Crippen molar-refractivity contribution in [2.75, 3.05) is 36.8 Å². The lowest BCUT2D eigenvalue weighted by Crippen LogP contribution is -2.50.